The third kappa shape index (κ3) is 3.77. The van der Waals surface area contributed by atoms with E-state index in [1.807, 2.05) is 17.8 Å². The van der Waals surface area contributed by atoms with Crippen LogP contribution in [0, 0.1) is 17.0 Å². The van der Waals surface area contributed by atoms with Gasteiger partial charge in [0.25, 0.3) is 11.6 Å². The average molecular weight is 354 g/mol. The van der Waals surface area contributed by atoms with E-state index in [-0.39, 0.29) is 11.6 Å². The molecular formula is C17H18N6O3. The lowest BCUT2D eigenvalue weighted by molar-refractivity contribution is -0.385. The average Bonchev–Trinajstić information content (AvgIpc) is 3.24. The molecule has 0 aliphatic rings. The van der Waals surface area contributed by atoms with Gasteiger partial charge in [0.15, 0.2) is 0 Å². The van der Waals surface area contributed by atoms with E-state index in [0.717, 1.165) is 12.1 Å². The Balaban J connectivity index is 1.67. The Labute approximate surface area is 149 Å². The van der Waals surface area contributed by atoms with Crippen LogP contribution >= 0.6 is 0 Å². The summed E-state index contributed by atoms with van der Waals surface area (Å²) >= 11 is 0. The monoisotopic (exact) mass is 354 g/mol. The third-order valence-electron chi connectivity index (χ3n) is 3.90. The fourth-order valence-electron chi connectivity index (χ4n) is 2.57. The van der Waals surface area contributed by atoms with Crippen molar-refractivity contribution in [1.29, 1.82) is 0 Å². The highest BCUT2D eigenvalue weighted by molar-refractivity contribution is 6.04. The lowest BCUT2D eigenvalue weighted by atomic mass is 10.1. The molecule has 3 rings (SSSR count). The van der Waals surface area contributed by atoms with Crippen molar-refractivity contribution < 1.29 is 9.72 Å². The molecule has 1 N–H and O–H groups in total. The minimum absolute atomic E-state index is 0.0120. The fourth-order valence-corrected chi connectivity index (χ4v) is 2.57. The van der Waals surface area contributed by atoms with Gasteiger partial charge in [-0.15, -0.1) is 0 Å². The van der Waals surface area contributed by atoms with E-state index in [4.69, 9.17) is 0 Å². The van der Waals surface area contributed by atoms with Gasteiger partial charge in [0.1, 0.15) is 0 Å². The van der Waals surface area contributed by atoms with Crippen LogP contribution in [0.2, 0.25) is 0 Å². The van der Waals surface area contributed by atoms with Crippen molar-refractivity contribution in [1.82, 2.24) is 19.6 Å². The molecule has 9 heteroatoms. The molecule has 2 aromatic heterocycles. The smallest absolute Gasteiger partial charge is 0.272 e. The number of carbonyl (C=O) groups is 1. The molecule has 0 saturated heterocycles. The molecule has 0 aliphatic carbocycles. The fraction of sp³-hybridized carbons (Fsp3) is 0.235. The van der Waals surface area contributed by atoms with Gasteiger partial charge >= 0.3 is 0 Å². The number of benzene rings is 1. The van der Waals surface area contributed by atoms with Crippen LogP contribution in [-0.2, 0) is 13.1 Å². The van der Waals surface area contributed by atoms with Crippen LogP contribution < -0.4 is 5.32 Å². The SMILES string of the molecule is CCn1cc(Cn2cc(NC(=O)c3ccc([N+](=O)[O-])c(C)c3)cn2)cn1. The highest BCUT2D eigenvalue weighted by Gasteiger charge is 2.14. The largest absolute Gasteiger partial charge is 0.319 e. The molecule has 1 amide bonds. The molecule has 0 unspecified atom stereocenters. The summed E-state index contributed by atoms with van der Waals surface area (Å²) in [6.07, 6.45) is 7.00. The second kappa shape index (κ2) is 7.18. The molecule has 0 spiro atoms. The Morgan fingerprint density at radius 3 is 2.65 bits per heavy atom. The number of aromatic nitrogens is 4. The minimum atomic E-state index is -0.471. The summed E-state index contributed by atoms with van der Waals surface area (Å²) < 4.78 is 3.53. The first-order valence-electron chi connectivity index (χ1n) is 8.06. The summed E-state index contributed by atoms with van der Waals surface area (Å²) in [5.74, 6) is -0.346. The van der Waals surface area contributed by atoms with E-state index < -0.39 is 4.92 Å². The molecule has 1 aromatic carbocycles. The standard InChI is InChI=1S/C17H18N6O3/c1-3-21-9-13(7-18-21)10-22-11-15(8-19-22)20-17(24)14-4-5-16(23(25)26)12(2)6-14/h4-9,11H,3,10H2,1-2H3,(H,20,24). The Morgan fingerprint density at radius 1 is 1.23 bits per heavy atom. The zero-order valence-electron chi connectivity index (χ0n) is 14.4. The number of nitrogens with zero attached hydrogens (tertiary/aromatic N) is 5. The van der Waals surface area contributed by atoms with Crippen LogP contribution in [0.1, 0.15) is 28.4 Å². The van der Waals surface area contributed by atoms with Gasteiger partial charge in [0.05, 0.1) is 29.5 Å². The summed E-state index contributed by atoms with van der Waals surface area (Å²) in [5, 5.41) is 22.0. The molecule has 26 heavy (non-hydrogen) atoms. The summed E-state index contributed by atoms with van der Waals surface area (Å²) in [6.45, 7) is 4.96. The normalized spacial score (nSPS) is 10.7. The van der Waals surface area contributed by atoms with Crippen LogP contribution in [0.15, 0.2) is 43.0 Å². The first-order chi connectivity index (χ1) is 12.5. The highest BCUT2D eigenvalue weighted by atomic mass is 16.6. The number of nitro groups is 1. The van der Waals surface area contributed by atoms with E-state index in [1.54, 1.807) is 30.2 Å². The van der Waals surface area contributed by atoms with Crippen LogP contribution in [0.4, 0.5) is 11.4 Å². The first kappa shape index (κ1) is 17.3. The number of hydrogen-bond donors (Lipinski definition) is 1. The number of aryl methyl sites for hydroxylation is 2. The quantitative estimate of drug-likeness (QED) is 0.541. The molecule has 0 bridgehead atoms. The Kier molecular flexibility index (Phi) is 4.78. The number of amides is 1. The van der Waals surface area contributed by atoms with Gasteiger partial charge in [-0.2, -0.15) is 10.2 Å². The topological polar surface area (TPSA) is 108 Å². The van der Waals surface area contributed by atoms with E-state index in [9.17, 15) is 14.9 Å². The second-order valence-electron chi connectivity index (χ2n) is 5.84. The molecule has 0 saturated carbocycles. The van der Waals surface area contributed by atoms with Crippen molar-refractivity contribution in [3.8, 4) is 0 Å². The van der Waals surface area contributed by atoms with Crippen LogP contribution in [0.25, 0.3) is 0 Å². The van der Waals surface area contributed by atoms with Gasteiger partial charge in [-0.25, -0.2) is 0 Å². The number of anilines is 1. The van der Waals surface area contributed by atoms with E-state index in [2.05, 4.69) is 15.5 Å². The maximum atomic E-state index is 12.3. The molecular weight excluding hydrogens is 336 g/mol. The molecule has 0 radical (unpaired) electrons. The summed E-state index contributed by atoms with van der Waals surface area (Å²) in [6, 6.07) is 4.26. The van der Waals surface area contributed by atoms with Crippen LogP contribution in [-0.4, -0.2) is 30.4 Å². The second-order valence-corrected chi connectivity index (χ2v) is 5.84. The van der Waals surface area contributed by atoms with Crippen molar-refractivity contribution in [2.75, 3.05) is 5.32 Å². The van der Waals surface area contributed by atoms with E-state index in [0.29, 0.717) is 23.4 Å². The van der Waals surface area contributed by atoms with Gasteiger partial charge < -0.3 is 5.32 Å². The van der Waals surface area contributed by atoms with Gasteiger partial charge in [-0.05, 0) is 26.0 Å². The van der Waals surface area contributed by atoms with Crippen molar-refractivity contribution in [2.45, 2.75) is 26.9 Å². The summed E-state index contributed by atoms with van der Waals surface area (Å²) in [5.41, 5.74) is 2.34. The number of rotatable bonds is 6. The third-order valence-corrected chi connectivity index (χ3v) is 3.90. The zero-order valence-corrected chi connectivity index (χ0v) is 14.4. The summed E-state index contributed by atoms with van der Waals surface area (Å²) in [7, 11) is 0. The number of hydrogen-bond acceptors (Lipinski definition) is 5. The number of nitro benzene ring substituents is 1. The van der Waals surface area contributed by atoms with Crippen molar-refractivity contribution in [2.24, 2.45) is 0 Å². The Morgan fingerprint density at radius 2 is 2.00 bits per heavy atom. The molecule has 3 aromatic rings. The maximum Gasteiger partial charge on any atom is 0.272 e. The van der Waals surface area contributed by atoms with Crippen molar-refractivity contribution in [3.05, 3.63) is 69.8 Å². The molecule has 134 valence electrons. The van der Waals surface area contributed by atoms with Crippen molar-refractivity contribution >= 4 is 17.3 Å². The Hall–Kier alpha value is -3.49. The van der Waals surface area contributed by atoms with E-state index in [1.165, 1.54) is 18.2 Å². The van der Waals surface area contributed by atoms with Gasteiger partial charge in [0, 0.05) is 41.7 Å². The maximum absolute atomic E-state index is 12.3. The van der Waals surface area contributed by atoms with Crippen LogP contribution in [0.3, 0.4) is 0 Å². The Bertz CT molecular complexity index is 959. The molecule has 2 heterocycles. The van der Waals surface area contributed by atoms with Gasteiger partial charge in [0.2, 0.25) is 0 Å². The number of carbonyl (C=O) groups excluding carboxylic acids is 1. The molecule has 0 fully saturated rings. The summed E-state index contributed by atoms with van der Waals surface area (Å²) in [4.78, 5) is 22.7. The van der Waals surface area contributed by atoms with E-state index >= 15 is 0 Å². The first-order valence-corrected chi connectivity index (χ1v) is 8.06. The van der Waals surface area contributed by atoms with Crippen molar-refractivity contribution in [3.63, 3.8) is 0 Å². The molecule has 0 atom stereocenters. The number of nitrogens with one attached hydrogen (secondary N) is 1. The van der Waals surface area contributed by atoms with Gasteiger partial charge in [-0.3, -0.25) is 24.3 Å². The molecule has 0 aliphatic heterocycles. The lowest BCUT2D eigenvalue weighted by Gasteiger charge is -2.04. The minimum Gasteiger partial charge on any atom is -0.319 e. The lowest BCUT2D eigenvalue weighted by Crippen LogP contribution is -2.12. The predicted octanol–water partition coefficient (Wildman–Crippen LogP) is 2.62. The zero-order chi connectivity index (χ0) is 18.7. The predicted molar refractivity (Wildman–Crippen MR) is 95.0 cm³/mol. The van der Waals surface area contributed by atoms with Gasteiger partial charge in [-0.1, -0.05) is 0 Å². The molecule has 9 nitrogen and oxygen atoms in total. The highest BCUT2D eigenvalue weighted by Crippen LogP contribution is 2.19. The van der Waals surface area contributed by atoms with Crippen LogP contribution in [0.5, 0.6) is 0 Å².